The Morgan fingerprint density at radius 3 is 2.16 bits per heavy atom. The smallest absolute Gasteiger partial charge is 0.339 e. The Morgan fingerprint density at radius 2 is 1.60 bits per heavy atom. The molecular weight excluding hydrogens is 322 g/mol. The summed E-state index contributed by atoms with van der Waals surface area (Å²) in [5.74, 6) is -1.07. The Bertz CT molecular complexity index is 847. The molecule has 0 heterocycles. The number of Topliss-reactive ketones (excluding diaryl/α,β-unsaturated/α-hetero) is 1. The zero-order valence-electron chi connectivity index (χ0n) is 14.6. The third-order valence-electron chi connectivity index (χ3n) is 3.94. The van der Waals surface area contributed by atoms with Gasteiger partial charge >= 0.3 is 5.97 Å². The highest BCUT2D eigenvalue weighted by Crippen LogP contribution is 2.20. The second kappa shape index (κ2) is 7.25. The van der Waals surface area contributed by atoms with Gasteiger partial charge in [0.2, 0.25) is 5.78 Å². The minimum atomic E-state index is -0.579. The third kappa shape index (κ3) is 4.09. The van der Waals surface area contributed by atoms with Crippen LogP contribution in [0.15, 0.2) is 30.3 Å². The van der Waals surface area contributed by atoms with Gasteiger partial charge in [0, 0.05) is 17.2 Å². The number of nitro groups is 1. The molecule has 0 bridgehead atoms. The van der Waals surface area contributed by atoms with Crippen LogP contribution >= 0.6 is 0 Å². The van der Waals surface area contributed by atoms with E-state index in [-0.39, 0.29) is 11.3 Å². The number of ketones is 1. The quantitative estimate of drug-likeness (QED) is 0.357. The number of esters is 1. The fourth-order valence-corrected chi connectivity index (χ4v) is 2.77. The predicted octanol–water partition coefficient (Wildman–Crippen LogP) is 3.87. The Balaban J connectivity index is 2.14. The van der Waals surface area contributed by atoms with E-state index in [2.05, 4.69) is 0 Å². The second-order valence-corrected chi connectivity index (χ2v) is 6.03. The Kier molecular flexibility index (Phi) is 5.32. The maximum Gasteiger partial charge on any atom is 0.339 e. The molecule has 130 valence electrons. The van der Waals surface area contributed by atoms with E-state index in [0.717, 1.165) is 16.7 Å². The number of hydrogen-bond donors (Lipinski definition) is 0. The van der Waals surface area contributed by atoms with Crippen molar-refractivity contribution in [3.8, 4) is 0 Å². The number of carbonyl (C=O) groups excluding carboxylic acids is 2. The molecule has 0 fully saturated rings. The Hall–Kier alpha value is -3.02. The molecule has 0 saturated carbocycles. The average molecular weight is 341 g/mol. The molecule has 0 amide bonds. The van der Waals surface area contributed by atoms with Gasteiger partial charge in [0.05, 0.1) is 10.5 Å². The summed E-state index contributed by atoms with van der Waals surface area (Å²) in [5.41, 5.74) is 3.50. The van der Waals surface area contributed by atoms with Crippen LogP contribution in [-0.4, -0.2) is 23.3 Å². The molecule has 0 atom stereocenters. The van der Waals surface area contributed by atoms with Crippen LogP contribution in [0.4, 0.5) is 5.69 Å². The lowest BCUT2D eigenvalue weighted by Crippen LogP contribution is -2.16. The van der Waals surface area contributed by atoms with E-state index in [1.165, 1.54) is 18.2 Å². The highest BCUT2D eigenvalue weighted by atomic mass is 16.6. The largest absolute Gasteiger partial charge is 0.454 e. The summed E-state index contributed by atoms with van der Waals surface area (Å²) < 4.78 is 5.12. The number of nitrogens with zero attached hydrogens (tertiary/aromatic N) is 1. The van der Waals surface area contributed by atoms with Gasteiger partial charge in [0.15, 0.2) is 6.61 Å². The maximum absolute atomic E-state index is 12.3. The highest BCUT2D eigenvalue weighted by Gasteiger charge is 2.18. The summed E-state index contributed by atoms with van der Waals surface area (Å²) in [6.45, 7) is 6.67. The number of rotatable bonds is 5. The van der Waals surface area contributed by atoms with Gasteiger partial charge in [-0.2, -0.15) is 0 Å². The van der Waals surface area contributed by atoms with Crippen LogP contribution in [-0.2, 0) is 4.74 Å². The summed E-state index contributed by atoms with van der Waals surface area (Å²) in [5, 5.41) is 11.0. The molecule has 0 aliphatic carbocycles. The van der Waals surface area contributed by atoms with Crippen LogP contribution in [0.2, 0.25) is 0 Å². The minimum absolute atomic E-state index is 0.137. The average Bonchev–Trinajstić information content (AvgIpc) is 2.51. The van der Waals surface area contributed by atoms with Gasteiger partial charge in [-0.25, -0.2) is 4.79 Å². The van der Waals surface area contributed by atoms with Gasteiger partial charge in [0.25, 0.3) is 5.69 Å². The number of aryl methyl sites for hydroxylation is 4. The van der Waals surface area contributed by atoms with E-state index in [9.17, 15) is 19.7 Å². The van der Waals surface area contributed by atoms with Gasteiger partial charge in [0.1, 0.15) is 0 Å². The summed E-state index contributed by atoms with van der Waals surface area (Å²) in [6.07, 6.45) is 0. The number of carbonyl (C=O) groups is 2. The first-order chi connectivity index (χ1) is 11.7. The van der Waals surface area contributed by atoms with Crippen LogP contribution < -0.4 is 0 Å². The van der Waals surface area contributed by atoms with Crippen LogP contribution in [0.25, 0.3) is 0 Å². The monoisotopic (exact) mass is 341 g/mol. The number of ether oxygens (including phenoxy) is 1. The highest BCUT2D eigenvalue weighted by molar-refractivity contribution is 6.00. The fourth-order valence-electron chi connectivity index (χ4n) is 2.77. The van der Waals surface area contributed by atoms with Crippen molar-refractivity contribution in [3.05, 3.63) is 73.8 Å². The molecule has 25 heavy (non-hydrogen) atoms. The molecule has 0 unspecified atom stereocenters. The molecule has 0 aliphatic rings. The van der Waals surface area contributed by atoms with E-state index in [0.29, 0.717) is 11.1 Å². The zero-order valence-corrected chi connectivity index (χ0v) is 14.6. The summed E-state index contributed by atoms with van der Waals surface area (Å²) in [7, 11) is 0. The number of benzene rings is 2. The lowest BCUT2D eigenvalue weighted by atomic mass is 10.00. The number of hydrogen-bond acceptors (Lipinski definition) is 5. The summed E-state index contributed by atoms with van der Waals surface area (Å²) in [6, 6.07) is 7.93. The topological polar surface area (TPSA) is 86.5 Å². The van der Waals surface area contributed by atoms with Gasteiger partial charge < -0.3 is 4.74 Å². The van der Waals surface area contributed by atoms with Crippen molar-refractivity contribution in [2.45, 2.75) is 27.7 Å². The van der Waals surface area contributed by atoms with Crippen LogP contribution in [0.1, 0.15) is 43.0 Å². The lowest BCUT2D eigenvalue weighted by molar-refractivity contribution is -0.385. The fraction of sp³-hybridized carbons (Fsp3) is 0.263. The van der Waals surface area contributed by atoms with Gasteiger partial charge in [-0.05, 0) is 38.8 Å². The van der Waals surface area contributed by atoms with Crippen LogP contribution in [0.3, 0.4) is 0 Å². The van der Waals surface area contributed by atoms with E-state index >= 15 is 0 Å². The van der Waals surface area contributed by atoms with Crippen molar-refractivity contribution in [1.82, 2.24) is 0 Å². The van der Waals surface area contributed by atoms with Crippen molar-refractivity contribution in [2.24, 2.45) is 0 Å². The molecule has 2 rings (SSSR count). The second-order valence-electron chi connectivity index (χ2n) is 6.03. The van der Waals surface area contributed by atoms with Crippen molar-refractivity contribution in [2.75, 3.05) is 6.61 Å². The molecule has 0 aliphatic heterocycles. The van der Waals surface area contributed by atoms with Gasteiger partial charge in [-0.3, -0.25) is 14.9 Å². The normalized spacial score (nSPS) is 10.4. The van der Waals surface area contributed by atoms with Crippen LogP contribution in [0, 0.1) is 37.8 Å². The van der Waals surface area contributed by atoms with Crippen molar-refractivity contribution >= 4 is 17.4 Å². The molecule has 0 saturated heterocycles. The molecular formula is C19H19NO5. The van der Waals surface area contributed by atoms with E-state index in [4.69, 9.17) is 4.74 Å². The first-order valence-electron chi connectivity index (χ1n) is 7.74. The summed E-state index contributed by atoms with van der Waals surface area (Å²) in [4.78, 5) is 34.9. The lowest BCUT2D eigenvalue weighted by Gasteiger charge is -2.11. The molecule has 0 aromatic heterocycles. The van der Waals surface area contributed by atoms with Crippen molar-refractivity contribution in [1.29, 1.82) is 0 Å². The molecule has 0 radical (unpaired) electrons. The zero-order chi connectivity index (χ0) is 18.7. The molecule has 6 nitrogen and oxygen atoms in total. The van der Waals surface area contributed by atoms with E-state index in [1.54, 1.807) is 6.92 Å². The predicted molar refractivity (Wildman–Crippen MR) is 93.1 cm³/mol. The molecule has 0 N–H and O–H groups in total. The Morgan fingerprint density at radius 1 is 1.00 bits per heavy atom. The first kappa shape index (κ1) is 18.3. The standard InChI is InChI=1S/C19H19NO5/c1-11-7-13(3)18(14(4)8-11)19(22)25-10-17(21)15-6-5-12(2)16(9-15)20(23)24/h5-9H,10H2,1-4H3. The summed E-state index contributed by atoms with van der Waals surface area (Å²) >= 11 is 0. The Labute approximate surface area is 145 Å². The first-order valence-corrected chi connectivity index (χ1v) is 7.74. The van der Waals surface area contributed by atoms with Gasteiger partial charge in [-0.1, -0.05) is 29.8 Å². The van der Waals surface area contributed by atoms with Crippen molar-refractivity contribution in [3.63, 3.8) is 0 Å². The van der Waals surface area contributed by atoms with E-state index in [1.807, 2.05) is 32.9 Å². The van der Waals surface area contributed by atoms with Crippen molar-refractivity contribution < 1.29 is 19.2 Å². The van der Waals surface area contributed by atoms with Gasteiger partial charge in [-0.15, -0.1) is 0 Å². The maximum atomic E-state index is 12.3. The molecule has 2 aromatic rings. The van der Waals surface area contributed by atoms with E-state index < -0.39 is 23.3 Å². The molecule has 2 aromatic carbocycles. The minimum Gasteiger partial charge on any atom is -0.454 e. The van der Waals surface area contributed by atoms with Crippen LogP contribution in [0.5, 0.6) is 0 Å². The molecule has 6 heteroatoms. The molecule has 0 spiro atoms. The third-order valence-corrected chi connectivity index (χ3v) is 3.94. The number of nitro benzene ring substituents is 1. The SMILES string of the molecule is Cc1cc(C)c(C(=O)OCC(=O)c2ccc(C)c([N+](=O)[O-])c2)c(C)c1.